The molecule has 0 aliphatic carbocycles. The van der Waals surface area contributed by atoms with Crippen LogP contribution in [0.4, 0.5) is 11.5 Å². The van der Waals surface area contributed by atoms with Gasteiger partial charge in [0.05, 0.1) is 6.54 Å². The summed E-state index contributed by atoms with van der Waals surface area (Å²) in [5.41, 5.74) is 0.897. The Morgan fingerprint density at radius 2 is 2.18 bits per heavy atom. The van der Waals surface area contributed by atoms with Gasteiger partial charge in [-0.2, -0.15) is 0 Å². The van der Waals surface area contributed by atoms with E-state index in [1.54, 1.807) is 25.2 Å². The Morgan fingerprint density at radius 3 is 2.82 bits per heavy atom. The molecule has 1 rings (SSSR count). The predicted octanol–water partition coefficient (Wildman–Crippen LogP) is 1.40. The molecule has 94 valence electrons. The molecule has 0 radical (unpaired) electrons. The van der Waals surface area contributed by atoms with E-state index >= 15 is 0 Å². The molecular weight excluding hydrogens is 216 g/mol. The van der Waals surface area contributed by atoms with Gasteiger partial charge in [0.25, 0.3) is 0 Å². The van der Waals surface area contributed by atoms with Crippen molar-refractivity contribution in [3.63, 3.8) is 0 Å². The molecule has 1 aromatic rings. The Labute approximate surface area is 102 Å². The number of carbonyl (C=O) groups excluding carboxylic acids is 1. The van der Waals surface area contributed by atoms with Gasteiger partial charge in [0.15, 0.2) is 0 Å². The number of rotatable bonds is 6. The lowest BCUT2D eigenvalue weighted by Gasteiger charge is -2.12. The van der Waals surface area contributed by atoms with Gasteiger partial charge in [0.1, 0.15) is 5.82 Å². The molecule has 0 spiro atoms. The number of likely N-dealkylation sites (N-methyl/N-ethyl adjacent to an activating group) is 1. The zero-order valence-corrected chi connectivity index (χ0v) is 10.7. The van der Waals surface area contributed by atoms with Crippen LogP contribution in [0, 0.1) is 0 Å². The molecule has 0 atom stereocenters. The highest BCUT2D eigenvalue weighted by atomic mass is 16.2. The molecule has 17 heavy (non-hydrogen) atoms. The highest BCUT2D eigenvalue weighted by Crippen LogP contribution is 2.11. The lowest BCUT2D eigenvalue weighted by molar-refractivity contribution is -0.126. The monoisotopic (exact) mass is 236 g/mol. The first-order valence-corrected chi connectivity index (χ1v) is 5.77. The summed E-state index contributed by atoms with van der Waals surface area (Å²) in [6.45, 7) is 3.29. The standard InChI is InChI=1S/C12H20N4O/c1-4-6-13-11-8-10(5-7-14-11)15-9-12(17)16(2)3/h5,7-8H,4,6,9H2,1-3H3,(H2,13,14,15). The van der Waals surface area contributed by atoms with Crippen LogP contribution in [0.2, 0.25) is 0 Å². The Kier molecular flexibility index (Phi) is 5.26. The molecule has 0 saturated carbocycles. The SMILES string of the molecule is CCCNc1cc(NCC(=O)N(C)C)ccn1. The van der Waals surface area contributed by atoms with Gasteiger partial charge in [-0.3, -0.25) is 4.79 Å². The Hall–Kier alpha value is -1.78. The number of anilines is 2. The highest BCUT2D eigenvalue weighted by molar-refractivity contribution is 5.80. The largest absolute Gasteiger partial charge is 0.376 e. The van der Waals surface area contributed by atoms with E-state index in [0.29, 0.717) is 6.54 Å². The number of amides is 1. The smallest absolute Gasteiger partial charge is 0.241 e. The number of hydrogen-bond donors (Lipinski definition) is 2. The maximum atomic E-state index is 11.4. The van der Waals surface area contributed by atoms with Gasteiger partial charge in [-0.25, -0.2) is 4.98 Å². The third-order valence-electron chi connectivity index (χ3n) is 2.26. The van der Waals surface area contributed by atoms with Crippen molar-refractivity contribution in [1.82, 2.24) is 9.88 Å². The van der Waals surface area contributed by atoms with Gasteiger partial charge in [0, 0.05) is 38.6 Å². The average molecular weight is 236 g/mol. The zero-order valence-electron chi connectivity index (χ0n) is 10.7. The fourth-order valence-electron chi connectivity index (χ4n) is 1.23. The predicted molar refractivity (Wildman–Crippen MR) is 70.2 cm³/mol. The summed E-state index contributed by atoms with van der Waals surface area (Å²) in [6, 6.07) is 3.75. The van der Waals surface area contributed by atoms with Crippen molar-refractivity contribution < 1.29 is 4.79 Å². The maximum absolute atomic E-state index is 11.4. The van der Waals surface area contributed by atoms with Crippen molar-refractivity contribution >= 4 is 17.4 Å². The summed E-state index contributed by atoms with van der Waals surface area (Å²) in [4.78, 5) is 17.2. The van der Waals surface area contributed by atoms with E-state index in [2.05, 4.69) is 22.5 Å². The van der Waals surface area contributed by atoms with Crippen LogP contribution in [-0.2, 0) is 4.79 Å². The van der Waals surface area contributed by atoms with Crippen LogP contribution in [0.15, 0.2) is 18.3 Å². The minimum absolute atomic E-state index is 0.0462. The lowest BCUT2D eigenvalue weighted by Crippen LogP contribution is -2.28. The second kappa shape index (κ2) is 6.73. The summed E-state index contributed by atoms with van der Waals surface area (Å²) in [7, 11) is 3.48. The molecule has 0 aliphatic heterocycles. The minimum Gasteiger partial charge on any atom is -0.376 e. The third kappa shape index (κ3) is 4.72. The Bertz CT molecular complexity index is 365. The van der Waals surface area contributed by atoms with Crippen LogP contribution in [-0.4, -0.2) is 43.0 Å². The van der Waals surface area contributed by atoms with Gasteiger partial charge < -0.3 is 15.5 Å². The Morgan fingerprint density at radius 1 is 1.41 bits per heavy atom. The van der Waals surface area contributed by atoms with Crippen LogP contribution in [0.5, 0.6) is 0 Å². The van der Waals surface area contributed by atoms with E-state index < -0.39 is 0 Å². The van der Waals surface area contributed by atoms with E-state index in [1.165, 1.54) is 0 Å². The minimum atomic E-state index is 0.0462. The van der Waals surface area contributed by atoms with Gasteiger partial charge >= 0.3 is 0 Å². The first kappa shape index (κ1) is 13.3. The molecule has 1 heterocycles. The lowest BCUT2D eigenvalue weighted by atomic mass is 10.3. The van der Waals surface area contributed by atoms with E-state index in [9.17, 15) is 4.79 Å². The van der Waals surface area contributed by atoms with E-state index in [4.69, 9.17) is 0 Å². The molecule has 5 nitrogen and oxygen atoms in total. The van der Waals surface area contributed by atoms with Crippen molar-refractivity contribution in [2.75, 3.05) is 37.8 Å². The number of hydrogen-bond acceptors (Lipinski definition) is 4. The van der Waals surface area contributed by atoms with Crippen LogP contribution in [0.3, 0.4) is 0 Å². The fourth-order valence-corrected chi connectivity index (χ4v) is 1.23. The van der Waals surface area contributed by atoms with Crippen molar-refractivity contribution in [3.8, 4) is 0 Å². The molecule has 2 N–H and O–H groups in total. The number of aromatic nitrogens is 1. The molecule has 0 aliphatic rings. The molecule has 1 aromatic heterocycles. The van der Waals surface area contributed by atoms with Crippen LogP contribution in [0.1, 0.15) is 13.3 Å². The fraction of sp³-hybridized carbons (Fsp3) is 0.500. The van der Waals surface area contributed by atoms with Crippen molar-refractivity contribution in [3.05, 3.63) is 18.3 Å². The summed E-state index contributed by atoms with van der Waals surface area (Å²) in [5.74, 6) is 0.874. The van der Waals surface area contributed by atoms with Crippen molar-refractivity contribution in [2.24, 2.45) is 0 Å². The molecule has 0 fully saturated rings. The van der Waals surface area contributed by atoms with Crippen LogP contribution < -0.4 is 10.6 Å². The van der Waals surface area contributed by atoms with Gasteiger partial charge in [0.2, 0.25) is 5.91 Å². The normalized spacial score (nSPS) is 9.82. The summed E-state index contributed by atoms with van der Waals surface area (Å²) < 4.78 is 0. The Balaban J connectivity index is 2.51. The molecule has 0 bridgehead atoms. The average Bonchev–Trinajstić information content (AvgIpc) is 2.33. The third-order valence-corrected chi connectivity index (χ3v) is 2.26. The number of nitrogens with zero attached hydrogens (tertiary/aromatic N) is 2. The number of carbonyl (C=O) groups is 1. The summed E-state index contributed by atoms with van der Waals surface area (Å²) in [6.07, 6.45) is 2.78. The molecule has 1 amide bonds. The first-order chi connectivity index (χ1) is 8.13. The quantitative estimate of drug-likeness (QED) is 0.784. The van der Waals surface area contributed by atoms with Gasteiger partial charge in [-0.05, 0) is 12.5 Å². The molecule has 0 unspecified atom stereocenters. The van der Waals surface area contributed by atoms with E-state index in [1.807, 2.05) is 12.1 Å². The molecular formula is C12H20N4O. The second-order valence-electron chi connectivity index (χ2n) is 4.00. The second-order valence-corrected chi connectivity index (χ2v) is 4.00. The van der Waals surface area contributed by atoms with E-state index in [-0.39, 0.29) is 5.91 Å². The van der Waals surface area contributed by atoms with Crippen molar-refractivity contribution in [2.45, 2.75) is 13.3 Å². The van der Waals surface area contributed by atoms with Crippen LogP contribution in [0.25, 0.3) is 0 Å². The van der Waals surface area contributed by atoms with Gasteiger partial charge in [-0.15, -0.1) is 0 Å². The first-order valence-electron chi connectivity index (χ1n) is 5.77. The zero-order chi connectivity index (χ0) is 12.7. The molecule has 0 saturated heterocycles. The summed E-state index contributed by atoms with van der Waals surface area (Å²) in [5, 5.41) is 6.27. The number of nitrogens with one attached hydrogen (secondary N) is 2. The van der Waals surface area contributed by atoms with Gasteiger partial charge in [-0.1, -0.05) is 6.92 Å². The number of pyridine rings is 1. The molecule has 0 aromatic carbocycles. The summed E-state index contributed by atoms with van der Waals surface area (Å²) >= 11 is 0. The topological polar surface area (TPSA) is 57.3 Å². The van der Waals surface area contributed by atoms with Crippen LogP contribution >= 0.6 is 0 Å². The highest BCUT2D eigenvalue weighted by Gasteiger charge is 2.03. The molecule has 5 heteroatoms. The maximum Gasteiger partial charge on any atom is 0.241 e. The van der Waals surface area contributed by atoms with Crippen molar-refractivity contribution in [1.29, 1.82) is 0 Å². The van der Waals surface area contributed by atoms with E-state index in [0.717, 1.165) is 24.5 Å².